The maximum Gasteiger partial charge on any atom is 0.387 e. The summed E-state index contributed by atoms with van der Waals surface area (Å²) < 4.78 is 35.0. The van der Waals surface area contributed by atoms with Gasteiger partial charge in [-0.2, -0.15) is 8.78 Å². The molecule has 0 bridgehead atoms. The van der Waals surface area contributed by atoms with Crippen molar-refractivity contribution in [1.82, 2.24) is 0 Å². The lowest BCUT2D eigenvalue weighted by Crippen LogP contribution is -2.05. The van der Waals surface area contributed by atoms with Gasteiger partial charge in [-0.1, -0.05) is 36.4 Å². The Morgan fingerprint density at radius 2 is 1.91 bits per heavy atom. The molecule has 0 aliphatic heterocycles. The first-order chi connectivity index (χ1) is 11.1. The van der Waals surface area contributed by atoms with E-state index in [0.29, 0.717) is 23.1 Å². The molecule has 0 saturated heterocycles. The molecule has 0 N–H and O–H groups in total. The molecule has 118 valence electrons. The lowest BCUT2D eigenvalue weighted by molar-refractivity contribution is -0.0513. The average molecular weight is 316 g/mol. The van der Waals surface area contributed by atoms with Crippen LogP contribution in [0.2, 0.25) is 0 Å². The van der Waals surface area contributed by atoms with Crippen LogP contribution in [-0.4, -0.2) is 19.5 Å². The van der Waals surface area contributed by atoms with Crippen molar-refractivity contribution in [2.24, 2.45) is 0 Å². The minimum absolute atomic E-state index is 0.0683. The van der Waals surface area contributed by atoms with Crippen LogP contribution < -0.4 is 9.47 Å². The number of carbonyl (C=O) groups excluding carboxylic acids is 1. The fourth-order valence-corrected chi connectivity index (χ4v) is 2.68. The Morgan fingerprint density at radius 1 is 1.13 bits per heavy atom. The molecule has 23 heavy (non-hydrogen) atoms. The molecule has 0 saturated carbocycles. The number of alkyl halides is 2. The summed E-state index contributed by atoms with van der Waals surface area (Å²) in [5.74, 6) is 0.0373. The summed E-state index contributed by atoms with van der Waals surface area (Å²) >= 11 is 0. The molecule has 2 aromatic rings. The molecule has 0 aromatic heterocycles. The van der Waals surface area contributed by atoms with Crippen LogP contribution >= 0.6 is 0 Å². The highest BCUT2D eigenvalue weighted by atomic mass is 19.3. The van der Waals surface area contributed by atoms with Gasteiger partial charge in [0.15, 0.2) is 17.3 Å². The number of halogens is 2. The monoisotopic (exact) mass is 316 g/mol. The predicted octanol–water partition coefficient (Wildman–Crippen LogP) is 4.12. The number of benzene rings is 2. The van der Waals surface area contributed by atoms with Gasteiger partial charge in [0.05, 0.1) is 7.11 Å². The number of Topliss-reactive ketones (excluding diaryl/α,β-unsaturated/α-hetero) is 1. The molecule has 0 radical (unpaired) electrons. The van der Waals surface area contributed by atoms with E-state index in [1.54, 1.807) is 30.3 Å². The number of hydrogen-bond acceptors (Lipinski definition) is 3. The van der Waals surface area contributed by atoms with E-state index in [1.807, 2.05) is 12.1 Å². The van der Waals surface area contributed by atoms with Crippen LogP contribution in [-0.2, 0) is 6.42 Å². The molecular formula is C18H14F2O3. The number of ketones is 1. The first-order valence-corrected chi connectivity index (χ1v) is 7.05. The van der Waals surface area contributed by atoms with E-state index in [0.717, 1.165) is 5.56 Å². The topological polar surface area (TPSA) is 35.5 Å². The minimum Gasteiger partial charge on any atom is -0.493 e. The summed E-state index contributed by atoms with van der Waals surface area (Å²) in [4.78, 5) is 12.4. The Balaban J connectivity index is 2.02. The van der Waals surface area contributed by atoms with E-state index in [4.69, 9.17) is 4.74 Å². The molecule has 3 nitrogen and oxygen atoms in total. The third-order valence-electron chi connectivity index (χ3n) is 3.70. The fraction of sp³-hybridized carbons (Fsp3) is 0.167. The van der Waals surface area contributed by atoms with Gasteiger partial charge in [0.2, 0.25) is 0 Å². The van der Waals surface area contributed by atoms with Gasteiger partial charge in [-0.05, 0) is 17.7 Å². The van der Waals surface area contributed by atoms with Crippen LogP contribution in [0, 0.1) is 0 Å². The summed E-state index contributed by atoms with van der Waals surface area (Å²) in [6.45, 7) is -2.97. The number of rotatable bonds is 4. The van der Waals surface area contributed by atoms with Crippen LogP contribution in [0.25, 0.3) is 6.08 Å². The third kappa shape index (κ3) is 2.95. The van der Waals surface area contributed by atoms with Gasteiger partial charge in [0.1, 0.15) is 0 Å². The van der Waals surface area contributed by atoms with Crippen LogP contribution in [0.4, 0.5) is 8.78 Å². The summed E-state index contributed by atoms with van der Waals surface area (Å²) in [5.41, 5.74) is 2.51. The van der Waals surface area contributed by atoms with Crippen molar-refractivity contribution in [2.45, 2.75) is 13.0 Å². The van der Waals surface area contributed by atoms with Crippen molar-refractivity contribution < 1.29 is 23.0 Å². The van der Waals surface area contributed by atoms with E-state index in [1.165, 1.54) is 13.2 Å². The molecular weight excluding hydrogens is 302 g/mol. The van der Waals surface area contributed by atoms with Crippen LogP contribution in [0.3, 0.4) is 0 Å². The molecule has 0 amide bonds. The molecule has 0 heterocycles. The molecule has 1 aliphatic rings. The average Bonchev–Trinajstić information content (AvgIpc) is 2.85. The second-order valence-electron chi connectivity index (χ2n) is 5.09. The standard InChI is InChI=1S/C18H14F2O3/c1-22-15-8-4-6-12(17(15)23-18(19)20)10-13-9-11-5-2-3-7-14(11)16(13)21/h2-8,10,18H,9H2,1H3/b13-10+. The van der Waals surface area contributed by atoms with Crippen molar-refractivity contribution in [3.05, 3.63) is 64.7 Å². The SMILES string of the molecule is COc1cccc(/C=C2\Cc3ccccc3C2=O)c1OC(F)F. The molecule has 0 unspecified atom stereocenters. The number of hydrogen-bond donors (Lipinski definition) is 0. The van der Waals surface area contributed by atoms with E-state index < -0.39 is 6.61 Å². The van der Waals surface area contributed by atoms with Crippen molar-refractivity contribution in [2.75, 3.05) is 7.11 Å². The quantitative estimate of drug-likeness (QED) is 0.796. The maximum atomic E-state index is 12.7. The Hall–Kier alpha value is -2.69. The fourth-order valence-electron chi connectivity index (χ4n) is 2.68. The number of ether oxygens (including phenoxy) is 2. The van der Waals surface area contributed by atoms with Gasteiger partial charge in [-0.3, -0.25) is 4.79 Å². The zero-order valence-electron chi connectivity index (χ0n) is 12.4. The Bertz CT molecular complexity index is 782. The number of methoxy groups -OCH3 is 1. The van der Waals surface area contributed by atoms with Crippen LogP contribution in [0.15, 0.2) is 48.0 Å². The predicted molar refractivity (Wildman–Crippen MR) is 82.1 cm³/mol. The molecule has 0 spiro atoms. The second-order valence-corrected chi connectivity index (χ2v) is 5.09. The normalized spacial score (nSPS) is 15.1. The Kier molecular flexibility index (Phi) is 4.10. The van der Waals surface area contributed by atoms with Gasteiger partial charge in [-0.25, -0.2) is 0 Å². The van der Waals surface area contributed by atoms with Crippen molar-refractivity contribution in [3.8, 4) is 11.5 Å². The molecule has 1 aliphatic carbocycles. The molecule has 2 aromatic carbocycles. The highest BCUT2D eigenvalue weighted by molar-refractivity contribution is 6.15. The van der Waals surface area contributed by atoms with Crippen molar-refractivity contribution >= 4 is 11.9 Å². The van der Waals surface area contributed by atoms with Crippen molar-refractivity contribution in [1.29, 1.82) is 0 Å². The van der Waals surface area contributed by atoms with E-state index in [-0.39, 0.29) is 17.3 Å². The van der Waals surface area contributed by atoms with Gasteiger partial charge < -0.3 is 9.47 Å². The third-order valence-corrected chi connectivity index (χ3v) is 3.70. The largest absolute Gasteiger partial charge is 0.493 e. The smallest absolute Gasteiger partial charge is 0.387 e. The van der Waals surface area contributed by atoms with Gasteiger partial charge in [0.25, 0.3) is 0 Å². The summed E-state index contributed by atoms with van der Waals surface area (Å²) in [5, 5.41) is 0. The Morgan fingerprint density at radius 3 is 2.61 bits per heavy atom. The van der Waals surface area contributed by atoms with Gasteiger partial charge in [-0.15, -0.1) is 0 Å². The van der Waals surface area contributed by atoms with E-state index >= 15 is 0 Å². The number of para-hydroxylation sites is 1. The van der Waals surface area contributed by atoms with E-state index in [2.05, 4.69) is 4.74 Å². The lowest BCUT2D eigenvalue weighted by Gasteiger charge is -2.12. The Labute approximate surface area is 132 Å². The summed E-state index contributed by atoms with van der Waals surface area (Å²) in [6, 6.07) is 12.1. The molecule has 3 rings (SSSR count). The van der Waals surface area contributed by atoms with Gasteiger partial charge in [0, 0.05) is 23.1 Å². The highest BCUT2D eigenvalue weighted by Crippen LogP contribution is 2.36. The number of carbonyl (C=O) groups is 1. The van der Waals surface area contributed by atoms with Crippen LogP contribution in [0.1, 0.15) is 21.5 Å². The highest BCUT2D eigenvalue weighted by Gasteiger charge is 2.25. The molecule has 5 heteroatoms. The number of allylic oxidation sites excluding steroid dienone is 1. The van der Waals surface area contributed by atoms with Crippen molar-refractivity contribution in [3.63, 3.8) is 0 Å². The first kappa shape index (κ1) is 15.2. The second kappa shape index (κ2) is 6.20. The van der Waals surface area contributed by atoms with Gasteiger partial charge >= 0.3 is 6.61 Å². The number of fused-ring (bicyclic) bond motifs is 1. The van der Waals surface area contributed by atoms with Crippen LogP contribution in [0.5, 0.6) is 11.5 Å². The summed E-state index contributed by atoms with van der Waals surface area (Å²) in [7, 11) is 1.38. The molecule has 0 fully saturated rings. The zero-order valence-corrected chi connectivity index (χ0v) is 12.4. The lowest BCUT2D eigenvalue weighted by atomic mass is 10.1. The van der Waals surface area contributed by atoms with E-state index in [9.17, 15) is 13.6 Å². The summed E-state index contributed by atoms with van der Waals surface area (Å²) in [6.07, 6.45) is 2.06. The zero-order chi connectivity index (χ0) is 16.4. The molecule has 0 atom stereocenters. The maximum absolute atomic E-state index is 12.7. The first-order valence-electron chi connectivity index (χ1n) is 7.05. The minimum atomic E-state index is -2.97.